The smallest absolute Gasteiger partial charge is 0.405 e. The Morgan fingerprint density at radius 2 is 1.80 bits per heavy atom. The van der Waals surface area contributed by atoms with E-state index in [9.17, 15) is 18.0 Å². The Hall–Kier alpha value is -2.08. The highest BCUT2D eigenvalue weighted by Crippen LogP contribution is 2.34. The summed E-state index contributed by atoms with van der Waals surface area (Å²) in [5.74, 6) is -0.410. The number of alkyl halides is 3. The van der Waals surface area contributed by atoms with Crippen LogP contribution in [0.4, 0.5) is 13.2 Å². The van der Waals surface area contributed by atoms with E-state index in [0.717, 1.165) is 6.07 Å². The van der Waals surface area contributed by atoms with Gasteiger partial charge in [0.1, 0.15) is 16.6 Å². The van der Waals surface area contributed by atoms with Gasteiger partial charge in [-0.15, -0.1) is 13.2 Å². The summed E-state index contributed by atoms with van der Waals surface area (Å²) in [4.78, 5) is 14.7. The van der Waals surface area contributed by atoms with Gasteiger partial charge in [-0.3, -0.25) is 4.79 Å². The number of carbonyl (C=O) groups is 1. The van der Waals surface area contributed by atoms with Crippen molar-refractivity contribution in [1.29, 1.82) is 0 Å². The predicted molar refractivity (Wildman–Crippen MR) is 66.8 cm³/mol. The highest BCUT2D eigenvalue weighted by Gasteiger charge is 2.32. The van der Waals surface area contributed by atoms with Crippen LogP contribution in [0.5, 0.6) is 5.75 Å². The van der Waals surface area contributed by atoms with Crippen molar-refractivity contribution in [2.24, 2.45) is 0 Å². The number of carbonyl (C=O) groups excluding carboxylic acids is 1. The van der Waals surface area contributed by atoms with Gasteiger partial charge in [0, 0.05) is 11.1 Å². The molecule has 0 saturated heterocycles. The van der Waals surface area contributed by atoms with Crippen LogP contribution in [-0.2, 0) is 0 Å². The van der Waals surface area contributed by atoms with Gasteiger partial charge in [-0.25, -0.2) is 4.98 Å². The van der Waals surface area contributed by atoms with Gasteiger partial charge in [0.05, 0.1) is 0 Å². The zero-order valence-corrected chi connectivity index (χ0v) is 10.6. The van der Waals surface area contributed by atoms with Crippen molar-refractivity contribution in [3.05, 3.63) is 47.2 Å². The third kappa shape index (κ3) is 3.27. The molecule has 104 valence electrons. The SMILES string of the molecule is O=Cc1nc(Cl)ccc1-c1ccccc1OC(F)(F)F. The average molecular weight is 302 g/mol. The summed E-state index contributed by atoms with van der Waals surface area (Å²) in [5.41, 5.74) is 0.260. The van der Waals surface area contributed by atoms with Gasteiger partial charge in [-0.05, 0) is 18.2 Å². The molecule has 20 heavy (non-hydrogen) atoms. The molecule has 3 nitrogen and oxygen atoms in total. The number of hydrogen-bond donors (Lipinski definition) is 0. The molecule has 0 aliphatic rings. The first-order chi connectivity index (χ1) is 9.40. The van der Waals surface area contributed by atoms with Crippen LogP contribution < -0.4 is 4.74 Å². The third-order valence-electron chi connectivity index (χ3n) is 2.41. The maximum absolute atomic E-state index is 12.4. The van der Waals surface area contributed by atoms with Crippen LogP contribution in [-0.4, -0.2) is 17.6 Å². The van der Waals surface area contributed by atoms with E-state index in [-0.39, 0.29) is 22.0 Å². The van der Waals surface area contributed by atoms with Crippen molar-refractivity contribution in [1.82, 2.24) is 4.98 Å². The van der Waals surface area contributed by atoms with E-state index >= 15 is 0 Å². The second-order valence-electron chi connectivity index (χ2n) is 3.73. The molecule has 0 spiro atoms. The fourth-order valence-corrected chi connectivity index (χ4v) is 1.82. The fourth-order valence-electron chi connectivity index (χ4n) is 1.67. The topological polar surface area (TPSA) is 39.2 Å². The Labute approximate surface area is 117 Å². The molecule has 1 aromatic carbocycles. The maximum Gasteiger partial charge on any atom is 0.573 e. The molecule has 2 rings (SSSR count). The van der Waals surface area contributed by atoms with Crippen LogP contribution in [0.2, 0.25) is 5.15 Å². The largest absolute Gasteiger partial charge is 0.573 e. The first kappa shape index (κ1) is 14.3. The quantitative estimate of drug-likeness (QED) is 0.632. The van der Waals surface area contributed by atoms with Crippen LogP contribution in [0.15, 0.2) is 36.4 Å². The fraction of sp³-hybridized carbons (Fsp3) is 0.0769. The number of halogens is 4. The molecule has 0 amide bonds. The Morgan fingerprint density at radius 1 is 1.10 bits per heavy atom. The van der Waals surface area contributed by atoms with Gasteiger partial charge >= 0.3 is 6.36 Å². The van der Waals surface area contributed by atoms with E-state index in [4.69, 9.17) is 11.6 Å². The van der Waals surface area contributed by atoms with E-state index in [1.165, 1.54) is 30.3 Å². The summed E-state index contributed by atoms with van der Waals surface area (Å²) >= 11 is 5.65. The molecular weight excluding hydrogens is 295 g/mol. The molecule has 2 aromatic rings. The monoisotopic (exact) mass is 301 g/mol. The van der Waals surface area contributed by atoms with Gasteiger partial charge in [-0.2, -0.15) is 0 Å². The molecule has 0 atom stereocenters. The van der Waals surface area contributed by atoms with Crippen LogP contribution in [0.25, 0.3) is 11.1 Å². The minimum absolute atomic E-state index is 0.0595. The summed E-state index contributed by atoms with van der Waals surface area (Å²) in [7, 11) is 0. The molecule has 0 fully saturated rings. The third-order valence-corrected chi connectivity index (χ3v) is 2.62. The molecule has 1 aromatic heterocycles. The van der Waals surface area contributed by atoms with E-state index in [0.29, 0.717) is 6.29 Å². The van der Waals surface area contributed by atoms with Crippen molar-refractivity contribution in [3.63, 3.8) is 0 Å². The Balaban J connectivity index is 2.56. The molecule has 0 saturated carbocycles. The van der Waals surface area contributed by atoms with Crippen LogP contribution in [0.3, 0.4) is 0 Å². The maximum atomic E-state index is 12.4. The second kappa shape index (κ2) is 5.50. The summed E-state index contributed by atoms with van der Waals surface area (Å²) < 4.78 is 41.0. The molecule has 0 radical (unpaired) electrons. The number of para-hydroxylation sites is 1. The van der Waals surface area contributed by atoms with Gasteiger partial charge < -0.3 is 4.74 Å². The summed E-state index contributed by atoms with van der Waals surface area (Å²) in [6.07, 6.45) is -4.40. The second-order valence-corrected chi connectivity index (χ2v) is 4.12. The van der Waals surface area contributed by atoms with Crippen molar-refractivity contribution >= 4 is 17.9 Å². The van der Waals surface area contributed by atoms with Crippen molar-refractivity contribution < 1.29 is 22.7 Å². The number of rotatable bonds is 3. The number of hydrogen-bond acceptors (Lipinski definition) is 3. The standard InChI is InChI=1S/C13H7ClF3NO2/c14-12-6-5-8(10(7-19)18-12)9-3-1-2-4-11(9)20-13(15,16)17/h1-7H. The van der Waals surface area contributed by atoms with E-state index in [2.05, 4.69) is 9.72 Å². The number of pyridine rings is 1. The lowest BCUT2D eigenvalue weighted by molar-refractivity contribution is -0.274. The minimum Gasteiger partial charge on any atom is -0.405 e. The minimum atomic E-state index is -4.82. The van der Waals surface area contributed by atoms with E-state index in [1.54, 1.807) is 0 Å². The summed E-state index contributed by atoms with van der Waals surface area (Å²) in [5, 5.41) is 0.0741. The lowest BCUT2D eigenvalue weighted by Gasteiger charge is -2.14. The molecular formula is C13H7ClF3NO2. The van der Waals surface area contributed by atoms with Crippen molar-refractivity contribution in [3.8, 4) is 16.9 Å². The van der Waals surface area contributed by atoms with Gasteiger partial charge in [0.25, 0.3) is 0 Å². The Kier molecular flexibility index (Phi) is 3.94. The first-order valence-electron chi connectivity index (χ1n) is 5.37. The van der Waals surface area contributed by atoms with Crippen LogP contribution in [0.1, 0.15) is 10.5 Å². The first-order valence-corrected chi connectivity index (χ1v) is 5.75. The van der Waals surface area contributed by atoms with Crippen molar-refractivity contribution in [2.45, 2.75) is 6.36 Å². The van der Waals surface area contributed by atoms with Gasteiger partial charge in [0.15, 0.2) is 6.29 Å². The predicted octanol–water partition coefficient (Wildman–Crippen LogP) is 4.11. The number of benzene rings is 1. The van der Waals surface area contributed by atoms with E-state index < -0.39 is 12.1 Å². The number of aldehydes is 1. The summed E-state index contributed by atoms with van der Waals surface area (Å²) in [6, 6.07) is 8.28. The van der Waals surface area contributed by atoms with Crippen LogP contribution >= 0.6 is 11.6 Å². The van der Waals surface area contributed by atoms with Gasteiger partial charge in [0.2, 0.25) is 0 Å². The normalized spacial score (nSPS) is 11.2. The average Bonchev–Trinajstić information content (AvgIpc) is 2.38. The highest BCUT2D eigenvalue weighted by molar-refractivity contribution is 6.29. The molecule has 0 bridgehead atoms. The Bertz CT molecular complexity index is 644. The Morgan fingerprint density at radius 3 is 2.45 bits per heavy atom. The molecule has 7 heteroatoms. The van der Waals surface area contributed by atoms with E-state index in [1.807, 2.05) is 0 Å². The number of nitrogens with zero attached hydrogens (tertiary/aromatic N) is 1. The molecule has 1 heterocycles. The summed E-state index contributed by atoms with van der Waals surface area (Å²) in [6.45, 7) is 0. The lowest BCUT2D eigenvalue weighted by Crippen LogP contribution is -2.17. The number of ether oxygens (including phenoxy) is 1. The zero-order chi connectivity index (χ0) is 14.8. The molecule has 0 N–H and O–H groups in total. The highest BCUT2D eigenvalue weighted by atomic mass is 35.5. The zero-order valence-electron chi connectivity index (χ0n) is 9.82. The molecule has 0 unspecified atom stereocenters. The van der Waals surface area contributed by atoms with Crippen molar-refractivity contribution in [2.75, 3.05) is 0 Å². The van der Waals surface area contributed by atoms with Crippen LogP contribution in [0, 0.1) is 0 Å². The molecule has 0 aliphatic carbocycles. The lowest BCUT2D eigenvalue weighted by atomic mass is 10.0. The number of aromatic nitrogens is 1. The van der Waals surface area contributed by atoms with Gasteiger partial charge in [-0.1, -0.05) is 29.8 Å². The molecule has 0 aliphatic heterocycles.